The van der Waals surface area contributed by atoms with Crippen molar-refractivity contribution in [2.75, 3.05) is 13.2 Å². The van der Waals surface area contributed by atoms with Gasteiger partial charge in [0, 0.05) is 24.5 Å². The molecule has 0 aliphatic carbocycles. The van der Waals surface area contributed by atoms with Crippen LogP contribution in [0.3, 0.4) is 0 Å². The molecular formula is C24H28ClN3O2. The number of benzene rings is 2. The molecule has 0 aliphatic rings. The lowest BCUT2D eigenvalue weighted by Gasteiger charge is -2.11. The molecule has 1 amide bonds. The third-order valence-corrected chi connectivity index (χ3v) is 5.30. The van der Waals surface area contributed by atoms with E-state index in [0.29, 0.717) is 19.6 Å². The number of imidazole rings is 1. The number of carbonyl (C=O) groups is 1. The molecule has 0 radical (unpaired) electrons. The SMILES string of the molecule is C/C=C/C(=O)NCCc1nc2ccccc2n1CCCCOc1ccc(Cl)c(C)c1. The molecule has 0 bridgehead atoms. The molecule has 5 nitrogen and oxygen atoms in total. The van der Waals surface area contributed by atoms with E-state index in [1.807, 2.05) is 50.2 Å². The number of hydrogen-bond donors (Lipinski definition) is 1. The number of unbranched alkanes of at least 4 members (excludes halogenated alkanes) is 1. The van der Waals surface area contributed by atoms with Crippen LogP contribution in [0.5, 0.6) is 5.75 Å². The quantitative estimate of drug-likeness (QED) is 0.363. The lowest BCUT2D eigenvalue weighted by molar-refractivity contribution is -0.116. The number of rotatable bonds is 10. The lowest BCUT2D eigenvalue weighted by atomic mass is 10.2. The van der Waals surface area contributed by atoms with E-state index in [4.69, 9.17) is 21.3 Å². The number of aryl methyl sites for hydroxylation is 2. The van der Waals surface area contributed by atoms with E-state index in [1.165, 1.54) is 6.08 Å². The van der Waals surface area contributed by atoms with Crippen LogP contribution in [-0.2, 0) is 17.8 Å². The summed E-state index contributed by atoms with van der Waals surface area (Å²) in [6.45, 7) is 5.88. The number of amides is 1. The molecule has 0 fully saturated rings. The van der Waals surface area contributed by atoms with Crippen molar-refractivity contribution in [3.8, 4) is 5.75 Å². The zero-order valence-corrected chi connectivity index (χ0v) is 18.3. The summed E-state index contributed by atoms with van der Waals surface area (Å²) in [5, 5.41) is 3.65. The minimum absolute atomic E-state index is 0.0743. The van der Waals surface area contributed by atoms with E-state index in [9.17, 15) is 4.79 Å². The normalized spacial score (nSPS) is 11.3. The van der Waals surface area contributed by atoms with E-state index in [-0.39, 0.29) is 5.91 Å². The number of allylic oxidation sites excluding steroid dienone is 1. The van der Waals surface area contributed by atoms with Gasteiger partial charge in [0.2, 0.25) is 5.91 Å². The second-order valence-electron chi connectivity index (χ2n) is 7.18. The van der Waals surface area contributed by atoms with Crippen LogP contribution in [-0.4, -0.2) is 28.6 Å². The molecule has 0 saturated carbocycles. The van der Waals surface area contributed by atoms with Gasteiger partial charge in [0.25, 0.3) is 0 Å². The average Bonchev–Trinajstić information content (AvgIpc) is 3.08. The third kappa shape index (κ3) is 5.86. The smallest absolute Gasteiger partial charge is 0.243 e. The number of halogens is 1. The van der Waals surface area contributed by atoms with Crippen molar-refractivity contribution >= 4 is 28.5 Å². The largest absolute Gasteiger partial charge is 0.494 e. The van der Waals surface area contributed by atoms with Crippen molar-refractivity contribution in [3.63, 3.8) is 0 Å². The van der Waals surface area contributed by atoms with E-state index >= 15 is 0 Å². The molecule has 6 heteroatoms. The fraction of sp³-hybridized carbons (Fsp3) is 0.333. The number of aromatic nitrogens is 2. The first-order valence-corrected chi connectivity index (χ1v) is 10.7. The molecule has 0 aliphatic heterocycles. The first kappa shape index (κ1) is 21.9. The summed E-state index contributed by atoms with van der Waals surface area (Å²) in [6.07, 6.45) is 5.87. The third-order valence-electron chi connectivity index (χ3n) is 4.87. The Morgan fingerprint density at radius 1 is 1.23 bits per heavy atom. The second kappa shape index (κ2) is 10.8. The van der Waals surface area contributed by atoms with Gasteiger partial charge in [0.1, 0.15) is 11.6 Å². The Bertz CT molecular complexity index is 1030. The lowest BCUT2D eigenvalue weighted by Crippen LogP contribution is -2.24. The van der Waals surface area contributed by atoms with E-state index in [2.05, 4.69) is 16.0 Å². The molecule has 3 aromatic rings. The number of para-hydroxylation sites is 2. The van der Waals surface area contributed by atoms with Gasteiger partial charge >= 0.3 is 0 Å². The van der Waals surface area contributed by atoms with E-state index < -0.39 is 0 Å². The van der Waals surface area contributed by atoms with Crippen LogP contribution in [0.2, 0.25) is 5.02 Å². The summed E-state index contributed by atoms with van der Waals surface area (Å²) < 4.78 is 8.11. The fourth-order valence-corrected chi connectivity index (χ4v) is 3.46. The summed E-state index contributed by atoms with van der Waals surface area (Å²) in [4.78, 5) is 16.4. The Hall–Kier alpha value is -2.79. The zero-order valence-electron chi connectivity index (χ0n) is 17.5. The van der Waals surface area contributed by atoms with E-state index in [0.717, 1.165) is 52.6 Å². The van der Waals surface area contributed by atoms with Crippen molar-refractivity contribution in [2.24, 2.45) is 0 Å². The van der Waals surface area contributed by atoms with Gasteiger partial charge in [-0.2, -0.15) is 0 Å². The Kier molecular flexibility index (Phi) is 7.91. The monoisotopic (exact) mass is 425 g/mol. The number of ether oxygens (including phenoxy) is 1. The standard InChI is InChI=1S/C24H28ClN3O2/c1-3-8-24(29)26-14-13-23-27-21-9-4-5-10-22(21)28(23)15-6-7-16-30-19-11-12-20(25)18(2)17-19/h3-5,8-12,17H,6-7,13-16H2,1-2H3,(H,26,29)/b8-3+. The molecule has 1 aromatic heterocycles. The van der Waals surface area contributed by atoms with Crippen LogP contribution < -0.4 is 10.1 Å². The number of hydrogen-bond acceptors (Lipinski definition) is 3. The number of nitrogens with zero attached hydrogens (tertiary/aromatic N) is 2. The van der Waals surface area contributed by atoms with Crippen molar-refractivity contribution in [1.82, 2.24) is 14.9 Å². The molecule has 1 heterocycles. The molecule has 2 aromatic carbocycles. The van der Waals surface area contributed by atoms with Gasteiger partial charge in [0.05, 0.1) is 17.6 Å². The van der Waals surface area contributed by atoms with Gasteiger partial charge in [-0.25, -0.2) is 4.98 Å². The summed E-state index contributed by atoms with van der Waals surface area (Å²) in [6, 6.07) is 13.9. The molecular weight excluding hydrogens is 398 g/mol. The van der Waals surface area contributed by atoms with E-state index in [1.54, 1.807) is 6.08 Å². The van der Waals surface area contributed by atoms with Gasteiger partial charge in [0.15, 0.2) is 0 Å². The van der Waals surface area contributed by atoms with Crippen molar-refractivity contribution in [1.29, 1.82) is 0 Å². The first-order valence-electron chi connectivity index (χ1n) is 10.3. The van der Waals surface area contributed by atoms with Gasteiger partial charge in [-0.1, -0.05) is 29.8 Å². The Morgan fingerprint density at radius 3 is 2.87 bits per heavy atom. The molecule has 158 valence electrons. The minimum atomic E-state index is -0.0743. The highest BCUT2D eigenvalue weighted by Crippen LogP contribution is 2.21. The van der Waals surface area contributed by atoms with Gasteiger partial charge < -0.3 is 14.6 Å². The summed E-state index contributed by atoms with van der Waals surface area (Å²) >= 11 is 6.06. The highest BCUT2D eigenvalue weighted by Gasteiger charge is 2.10. The molecule has 1 N–H and O–H groups in total. The van der Waals surface area contributed by atoms with Gasteiger partial charge in [-0.15, -0.1) is 0 Å². The fourth-order valence-electron chi connectivity index (χ4n) is 3.34. The van der Waals surface area contributed by atoms with Crippen LogP contribution in [0.1, 0.15) is 31.2 Å². The average molecular weight is 426 g/mol. The molecule has 0 spiro atoms. The predicted octanol–water partition coefficient (Wildman–Crippen LogP) is 5.09. The van der Waals surface area contributed by atoms with Crippen LogP contribution in [0.25, 0.3) is 11.0 Å². The number of nitrogens with one attached hydrogen (secondary N) is 1. The van der Waals surface area contributed by atoms with Gasteiger partial charge in [-0.05, 0) is 68.7 Å². The topological polar surface area (TPSA) is 56.2 Å². The zero-order chi connectivity index (χ0) is 21.3. The minimum Gasteiger partial charge on any atom is -0.494 e. The highest BCUT2D eigenvalue weighted by molar-refractivity contribution is 6.31. The van der Waals surface area contributed by atoms with Crippen molar-refractivity contribution in [2.45, 2.75) is 39.7 Å². The maximum Gasteiger partial charge on any atom is 0.243 e. The molecule has 0 unspecified atom stereocenters. The maximum atomic E-state index is 11.6. The summed E-state index contributed by atoms with van der Waals surface area (Å²) in [7, 11) is 0. The summed E-state index contributed by atoms with van der Waals surface area (Å²) in [5.74, 6) is 1.77. The number of fused-ring (bicyclic) bond motifs is 1. The van der Waals surface area contributed by atoms with Crippen LogP contribution in [0, 0.1) is 6.92 Å². The van der Waals surface area contributed by atoms with Crippen LogP contribution in [0.15, 0.2) is 54.6 Å². The molecule has 30 heavy (non-hydrogen) atoms. The van der Waals surface area contributed by atoms with Crippen molar-refractivity contribution in [3.05, 3.63) is 71.0 Å². The molecule has 0 atom stereocenters. The number of carbonyl (C=O) groups excluding carboxylic acids is 1. The maximum absolute atomic E-state index is 11.6. The summed E-state index contributed by atoms with van der Waals surface area (Å²) in [5.41, 5.74) is 3.13. The van der Waals surface area contributed by atoms with Gasteiger partial charge in [-0.3, -0.25) is 4.79 Å². The highest BCUT2D eigenvalue weighted by atomic mass is 35.5. The van der Waals surface area contributed by atoms with Crippen LogP contribution >= 0.6 is 11.6 Å². The Labute approximate surface area is 182 Å². The molecule has 0 saturated heterocycles. The predicted molar refractivity (Wildman–Crippen MR) is 122 cm³/mol. The Balaban J connectivity index is 1.56. The van der Waals surface area contributed by atoms with Crippen LogP contribution in [0.4, 0.5) is 0 Å². The van der Waals surface area contributed by atoms with Crippen molar-refractivity contribution < 1.29 is 9.53 Å². The Morgan fingerprint density at radius 2 is 2.07 bits per heavy atom. The second-order valence-corrected chi connectivity index (χ2v) is 7.58. The molecule has 3 rings (SSSR count). The first-order chi connectivity index (χ1) is 14.6.